The lowest BCUT2D eigenvalue weighted by Gasteiger charge is -2.16. The first-order chi connectivity index (χ1) is 23.8. The van der Waals surface area contributed by atoms with E-state index in [1.807, 2.05) is 86.6 Å². The van der Waals surface area contributed by atoms with Gasteiger partial charge in [-0.1, -0.05) is 79.2 Å². The summed E-state index contributed by atoms with van der Waals surface area (Å²) in [6.07, 6.45) is 2.27. The van der Waals surface area contributed by atoms with Crippen LogP contribution >= 0.6 is 11.8 Å². The number of hydrogen-bond acceptors (Lipinski definition) is 4. The average Bonchev–Trinajstić information content (AvgIpc) is 3.43. The Labute approximate surface area is 290 Å². The van der Waals surface area contributed by atoms with Crippen LogP contribution < -0.4 is 16.0 Å². The highest BCUT2D eigenvalue weighted by molar-refractivity contribution is 8.00. The van der Waals surface area contributed by atoms with Crippen molar-refractivity contribution in [2.24, 2.45) is 0 Å². The van der Waals surface area contributed by atoms with Crippen LogP contribution in [0, 0.1) is 6.92 Å². The second kappa shape index (κ2) is 15.1. The number of anilines is 2. The van der Waals surface area contributed by atoms with Crippen LogP contribution in [0.15, 0.2) is 132 Å². The van der Waals surface area contributed by atoms with Crippen molar-refractivity contribution in [2.75, 3.05) is 10.6 Å². The lowest BCUT2D eigenvalue weighted by atomic mass is 10.1. The van der Waals surface area contributed by atoms with Gasteiger partial charge in [0.25, 0.3) is 11.8 Å². The van der Waals surface area contributed by atoms with Crippen molar-refractivity contribution in [3.8, 4) is 0 Å². The number of carbonyl (C=O) groups is 3. The van der Waals surface area contributed by atoms with Crippen LogP contribution in [0.1, 0.15) is 41.8 Å². The molecule has 3 N–H and O–H groups in total. The molecule has 0 fully saturated rings. The van der Waals surface area contributed by atoms with Crippen LogP contribution in [0.2, 0.25) is 0 Å². The molecule has 0 aliphatic rings. The van der Waals surface area contributed by atoms with Crippen LogP contribution in [-0.2, 0) is 16.1 Å². The van der Waals surface area contributed by atoms with Gasteiger partial charge in [0, 0.05) is 50.2 Å². The number of fused-ring (bicyclic) bond motifs is 3. The van der Waals surface area contributed by atoms with Gasteiger partial charge < -0.3 is 20.5 Å². The van der Waals surface area contributed by atoms with Gasteiger partial charge in [0.2, 0.25) is 5.91 Å². The van der Waals surface area contributed by atoms with Gasteiger partial charge in [0.15, 0.2) is 0 Å². The van der Waals surface area contributed by atoms with Crippen LogP contribution in [0.5, 0.6) is 0 Å². The molecule has 8 heteroatoms. The Morgan fingerprint density at radius 2 is 1.47 bits per heavy atom. The first-order valence-corrected chi connectivity index (χ1v) is 17.3. The molecule has 49 heavy (non-hydrogen) atoms. The molecule has 7 nitrogen and oxygen atoms in total. The zero-order valence-corrected chi connectivity index (χ0v) is 28.5. The van der Waals surface area contributed by atoms with Crippen molar-refractivity contribution in [3.05, 3.63) is 144 Å². The maximum absolute atomic E-state index is 13.6. The van der Waals surface area contributed by atoms with Crippen molar-refractivity contribution in [2.45, 2.75) is 43.9 Å². The van der Waals surface area contributed by atoms with E-state index in [4.69, 9.17) is 0 Å². The molecule has 5 aromatic carbocycles. The third kappa shape index (κ3) is 7.77. The highest BCUT2D eigenvalue weighted by Gasteiger charge is 2.20. The van der Waals surface area contributed by atoms with Gasteiger partial charge >= 0.3 is 0 Å². The molecule has 1 aromatic heterocycles. The third-order valence-electron chi connectivity index (χ3n) is 8.27. The second-order valence-corrected chi connectivity index (χ2v) is 13.0. The van der Waals surface area contributed by atoms with E-state index in [-0.39, 0.29) is 22.8 Å². The van der Waals surface area contributed by atoms with Gasteiger partial charge in [0.1, 0.15) is 5.70 Å². The lowest BCUT2D eigenvalue weighted by Crippen LogP contribution is -2.30. The van der Waals surface area contributed by atoms with E-state index in [2.05, 4.69) is 45.6 Å². The predicted molar refractivity (Wildman–Crippen MR) is 202 cm³/mol. The van der Waals surface area contributed by atoms with Crippen molar-refractivity contribution < 1.29 is 14.4 Å². The summed E-state index contributed by atoms with van der Waals surface area (Å²) in [5.74, 6) is -0.934. The Hall–Kier alpha value is -5.60. The van der Waals surface area contributed by atoms with Crippen molar-refractivity contribution in [1.82, 2.24) is 9.88 Å². The third-order valence-corrected chi connectivity index (χ3v) is 9.63. The molecule has 0 aliphatic carbocycles. The smallest absolute Gasteiger partial charge is 0.272 e. The quantitative estimate of drug-likeness (QED) is 0.0951. The summed E-state index contributed by atoms with van der Waals surface area (Å²) in [6, 6.07) is 38.2. The number of aromatic nitrogens is 1. The molecule has 1 unspecified atom stereocenters. The first-order valence-electron chi connectivity index (χ1n) is 16.4. The molecule has 0 spiro atoms. The molecule has 1 heterocycles. The minimum absolute atomic E-state index is 0.0903. The zero-order valence-electron chi connectivity index (χ0n) is 27.7. The molecule has 6 aromatic rings. The van der Waals surface area contributed by atoms with Crippen LogP contribution in [0.25, 0.3) is 27.9 Å². The minimum atomic E-state index is -0.461. The Balaban J connectivity index is 1.17. The summed E-state index contributed by atoms with van der Waals surface area (Å²) in [6.45, 7) is 6.95. The zero-order chi connectivity index (χ0) is 34.3. The van der Waals surface area contributed by atoms with E-state index in [1.165, 1.54) is 17.3 Å². The Bertz CT molecular complexity index is 2190. The maximum Gasteiger partial charge on any atom is 0.272 e. The Morgan fingerprint density at radius 3 is 2.24 bits per heavy atom. The highest BCUT2D eigenvalue weighted by atomic mass is 32.2. The van der Waals surface area contributed by atoms with Crippen LogP contribution in [0.3, 0.4) is 0 Å². The lowest BCUT2D eigenvalue weighted by molar-refractivity contribution is -0.116. The molecule has 6 rings (SSSR count). The normalized spacial score (nSPS) is 12.1. The topological polar surface area (TPSA) is 92.2 Å². The number of carbonyl (C=O) groups excluding carboxylic acids is 3. The van der Waals surface area contributed by atoms with Crippen molar-refractivity contribution in [3.63, 3.8) is 0 Å². The van der Waals surface area contributed by atoms with Gasteiger partial charge in [0.05, 0.1) is 5.25 Å². The van der Waals surface area contributed by atoms with Crippen molar-refractivity contribution in [1.29, 1.82) is 0 Å². The monoisotopic (exact) mass is 666 g/mol. The summed E-state index contributed by atoms with van der Waals surface area (Å²) >= 11 is 1.44. The van der Waals surface area contributed by atoms with E-state index < -0.39 is 5.91 Å². The largest absolute Gasteiger partial charge is 0.341 e. The SMILES string of the molecule is CCC(Sc1cccc(NC(=O)/C(=C\c2cccc(C)c2)NC(=O)c2ccccc2)c1)C(=O)Nc1ccc2c(c1)c1ccccc1n2CC. The molecule has 3 amide bonds. The summed E-state index contributed by atoms with van der Waals surface area (Å²) < 4.78 is 2.28. The molecule has 246 valence electrons. The Kier molecular flexibility index (Phi) is 10.3. The van der Waals surface area contributed by atoms with Gasteiger partial charge in [-0.3, -0.25) is 14.4 Å². The fraction of sp³-hybridized carbons (Fsp3) is 0.146. The molecule has 0 bridgehead atoms. The number of amides is 3. The fourth-order valence-corrected chi connectivity index (χ4v) is 6.91. The fourth-order valence-electron chi connectivity index (χ4n) is 5.90. The maximum atomic E-state index is 13.6. The summed E-state index contributed by atoms with van der Waals surface area (Å²) in [5.41, 5.74) is 5.99. The molecular formula is C41H38N4O3S. The molecular weight excluding hydrogens is 629 g/mol. The number of nitrogens with one attached hydrogen (secondary N) is 3. The van der Waals surface area contributed by atoms with Gasteiger partial charge in [-0.05, 0) is 86.5 Å². The number of aryl methyl sites for hydroxylation is 2. The van der Waals surface area contributed by atoms with Crippen LogP contribution in [0.4, 0.5) is 11.4 Å². The van der Waals surface area contributed by atoms with E-state index in [9.17, 15) is 14.4 Å². The predicted octanol–water partition coefficient (Wildman–Crippen LogP) is 9.04. The summed E-state index contributed by atoms with van der Waals surface area (Å²) in [7, 11) is 0. The molecule has 0 aliphatic heterocycles. The standard InChI is InChI=1S/C41H38N4O3S/c1-4-38(41(48)43-31-21-22-37-34(26-31)33-19-9-10-20-36(33)45(37)5-2)49-32-18-12-17-30(25-32)42-40(47)35(24-28-14-11-13-27(3)23-28)44-39(46)29-15-7-6-8-16-29/h6-26,38H,4-5H2,1-3H3,(H,42,47)(H,43,48)(H,44,46)/b35-24+. The van der Waals surface area contributed by atoms with Gasteiger partial charge in [-0.15, -0.1) is 11.8 Å². The highest BCUT2D eigenvalue weighted by Crippen LogP contribution is 2.32. The number of rotatable bonds is 11. The Morgan fingerprint density at radius 1 is 0.735 bits per heavy atom. The number of para-hydroxylation sites is 1. The second-order valence-electron chi connectivity index (χ2n) is 11.8. The number of nitrogens with zero attached hydrogens (tertiary/aromatic N) is 1. The van der Waals surface area contributed by atoms with E-state index >= 15 is 0 Å². The van der Waals surface area contributed by atoms with E-state index in [0.717, 1.165) is 44.5 Å². The number of thioether (sulfide) groups is 1. The van der Waals surface area contributed by atoms with Gasteiger partial charge in [-0.25, -0.2) is 0 Å². The molecule has 0 saturated heterocycles. The number of benzene rings is 5. The molecule has 1 atom stereocenters. The average molecular weight is 667 g/mol. The number of hydrogen-bond donors (Lipinski definition) is 3. The van der Waals surface area contributed by atoms with Crippen LogP contribution in [-0.4, -0.2) is 27.5 Å². The van der Waals surface area contributed by atoms with Gasteiger partial charge in [-0.2, -0.15) is 0 Å². The summed E-state index contributed by atoms with van der Waals surface area (Å²) in [5, 5.41) is 10.8. The first kappa shape index (κ1) is 33.3. The molecule has 0 radical (unpaired) electrons. The van der Waals surface area contributed by atoms with E-state index in [0.29, 0.717) is 17.7 Å². The van der Waals surface area contributed by atoms with Crippen molar-refractivity contribution >= 4 is 68.7 Å². The summed E-state index contributed by atoms with van der Waals surface area (Å²) in [4.78, 5) is 41.0. The van der Waals surface area contributed by atoms with E-state index in [1.54, 1.807) is 36.4 Å². The minimum Gasteiger partial charge on any atom is -0.341 e. The molecule has 0 saturated carbocycles.